The van der Waals surface area contributed by atoms with E-state index in [-0.39, 0.29) is 0 Å². The second kappa shape index (κ2) is 7.53. The van der Waals surface area contributed by atoms with Gasteiger partial charge in [-0.2, -0.15) is 5.10 Å². The van der Waals surface area contributed by atoms with Crippen molar-refractivity contribution in [2.75, 3.05) is 19.6 Å². The number of hydrogen-bond acceptors (Lipinski definition) is 4. The minimum absolute atomic E-state index is 0.643. The van der Waals surface area contributed by atoms with Gasteiger partial charge in [-0.3, -0.25) is 14.9 Å². The van der Waals surface area contributed by atoms with Gasteiger partial charge in [-0.05, 0) is 44.1 Å². The number of hydrogen-bond donors (Lipinski definition) is 2. The molecule has 0 aromatic carbocycles. The number of nitrogens with zero attached hydrogens (tertiary/aromatic N) is 4. The van der Waals surface area contributed by atoms with Gasteiger partial charge < -0.3 is 4.98 Å². The summed E-state index contributed by atoms with van der Waals surface area (Å²) in [5.41, 5.74) is 4.87. The molecule has 6 nitrogen and oxygen atoms in total. The number of aryl methyl sites for hydroxylation is 1. The second-order valence-electron chi connectivity index (χ2n) is 8.68. The summed E-state index contributed by atoms with van der Waals surface area (Å²) in [6.07, 6.45) is 5.54. The molecule has 0 spiro atoms. The molecule has 3 fully saturated rings. The molecule has 142 valence electrons. The molecule has 26 heavy (non-hydrogen) atoms. The predicted octanol–water partition coefficient (Wildman–Crippen LogP) is 2.74. The molecule has 0 unspecified atom stereocenters. The zero-order valence-corrected chi connectivity index (χ0v) is 16.3. The van der Waals surface area contributed by atoms with E-state index >= 15 is 0 Å². The number of nitrogens with one attached hydrogen (secondary N) is 2. The van der Waals surface area contributed by atoms with E-state index in [1.54, 1.807) is 0 Å². The summed E-state index contributed by atoms with van der Waals surface area (Å²) in [7, 11) is 0. The number of piperidine rings is 1. The Bertz CT molecular complexity index is 717. The highest BCUT2D eigenvalue weighted by Gasteiger charge is 2.35. The predicted molar refractivity (Wildman–Crippen MR) is 103 cm³/mol. The van der Waals surface area contributed by atoms with Crippen molar-refractivity contribution in [1.82, 2.24) is 30.0 Å². The van der Waals surface area contributed by atoms with Crippen LogP contribution in [-0.4, -0.2) is 55.6 Å². The van der Waals surface area contributed by atoms with E-state index in [4.69, 9.17) is 0 Å². The molecule has 2 N–H and O–H groups in total. The normalized spacial score (nSPS) is 24.5. The Morgan fingerprint density at radius 3 is 2.85 bits per heavy atom. The van der Waals surface area contributed by atoms with Gasteiger partial charge in [0.1, 0.15) is 0 Å². The van der Waals surface area contributed by atoms with Crippen LogP contribution in [0, 0.1) is 18.8 Å². The average Bonchev–Trinajstić information content (AvgIpc) is 3.08. The Morgan fingerprint density at radius 1 is 1.19 bits per heavy atom. The third-order valence-electron chi connectivity index (χ3n) is 5.89. The van der Waals surface area contributed by atoms with Crippen molar-refractivity contribution in [3.63, 3.8) is 0 Å². The number of H-pyrrole nitrogens is 2. The van der Waals surface area contributed by atoms with Crippen molar-refractivity contribution in [2.24, 2.45) is 11.8 Å². The highest BCUT2D eigenvalue weighted by atomic mass is 15.3. The lowest BCUT2D eigenvalue weighted by atomic mass is 9.95. The Hall–Kier alpha value is -1.66. The van der Waals surface area contributed by atoms with E-state index in [1.807, 2.05) is 6.33 Å². The molecule has 0 amide bonds. The fraction of sp³-hybridized carbons (Fsp3) is 0.700. The lowest BCUT2D eigenvalue weighted by Crippen LogP contribution is -2.43. The molecule has 5 rings (SSSR count). The van der Waals surface area contributed by atoms with Crippen molar-refractivity contribution >= 4 is 0 Å². The Balaban J connectivity index is 1.40. The third kappa shape index (κ3) is 4.01. The van der Waals surface area contributed by atoms with Crippen LogP contribution in [0.2, 0.25) is 0 Å². The van der Waals surface area contributed by atoms with Gasteiger partial charge in [0, 0.05) is 50.2 Å². The largest absolute Gasteiger partial charge is 0.348 e. The van der Waals surface area contributed by atoms with Gasteiger partial charge in [0.05, 0.1) is 17.7 Å². The summed E-state index contributed by atoms with van der Waals surface area (Å²) >= 11 is 0. The van der Waals surface area contributed by atoms with Crippen molar-refractivity contribution in [2.45, 2.75) is 59.2 Å². The van der Waals surface area contributed by atoms with Crippen LogP contribution in [0.15, 0.2) is 12.4 Å². The van der Waals surface area contributed by atoms with Crippen molar-refractivity contribution < 1.29 is 0 Å². The maximum Gasteiger partial charge on any atom is 0.0925 e. The topological polar surface area (TPSA) is 63.8 Å². The van der Waals surface area contributed by atoms with Gasteiger partial charge in [0.25, 0.3) is 0 Å². The second-order valence-corrected chi connectivity index (χ2v) is 8.68. The van der Waals surface area contributed by atoms with E-state index in [9.17, 15) is 0 Å². The molecule has 3 aliphatic rings. The van der Waals surface area contributed by atoms with Crippen molar-refractivity contribution in [3.8, 4) is 0 Å². The first-order valence-electron chi connectivity index (χ1n) is 10.0. The monoisotopic (exact) mass is 356 g/mol. The zero-order valence-electron chi connectivity index (χ0n) is 16.3. The van der Waals surface area contributed by atoms with Crippen LogP contribution in [0.1, 0.15) is 49.5 Å². The smallest absolute Gasteiger partial charge is 0.0925 e. The van der Waals surface area contributed by atoms with Crippen LogP contribution in [-0.2, 0) is 19.5 Å². The zero-order chi connectivity index (χ0) is 18.1. The standard InChI is InChI=1S/C20H32N6/c1-14(2)6-17-7-18(24-23-17)10-26-9-16-4-5-19(26)11-25(8-16)12-20-15(3)21-13-22-20/h7,13-14,16,19H,4-6,8-12H2,1-3H3,(H,21,22)(H,23,24)/t16-,19+/m1/s1. The summed E-state index contributed by atoms with van der Waals surface area (Å²) in [4.78, 5) is 13.0. The van der Waals surface area contributed by atoms with Gasteiger partial charge in [-0.15, -0.1) is 0 Å². The molecule has 0 radical (unpaired) electrons. The van der Waals surface area contributed by atoms with Crippen LogP contribution >= 0.6 is 0 Å². The van der Waals surface area contributed by atoms with E-state index in [0.29, 0.717) is 12.0 Å². The van der Waals surface area contributed by atoms with Crippen LogP contribution in [0.5, 0.6) is 0 Å². The minimum Gasteiger partial charge on any atom is -0.348 e. The molecule has 5 heterocycles. The van der Waals surface area contributed by atoms with Crippen molar-refractivity contribution in [1.29, 1.82) is 0 Å². The highest BCUT2D eigenvalue weighted by molar-refractivity contribution is 5.11. The van der Waals surface area contributed by atoms with Gasteiger partial charge >= 0.3 is 0 Å². The lowest BCUT2D eigenvalue weighted by molar-refractivity contribution is 0.121. The van der Waals surface area contributed by atoms with Gasteiger partial charge in [-0.25, -0.2) is 4.98 Å². The first kappa shape index (κ1) is 17.7. The Morgan fingerprint density at radius 2 is 2.08 bits per heavy atom. The molecule has 3 saturated heterocycles. The number of imidazole rings is 1. The molecule has 2 atom stereocenters. The van der Waals surface area contributed by atoms with Gasteiger partial charge in [0.15, 0.2) is 0 Å². The summed E-state index contributed by atoms with van der Waals surface area (Å²) in [5, 5.41) is 7.78. The molecule has 2 aromatic rings. The van der Waals surface area contributed by atoms with Crippen LogP contribution in [0.4, 0.5) is 0 Å². The van der Waals surface area contributed by atoms with Crippen molar-refractivity contribution in [3.05, 3.63) is 35.2 Å². The fourth-order valence-electron chi connectivity index (χ4n) is 4.59. The number of fused-ring (bicyclic) bond motifs is 4. The van der Waals surface area contributed by atoms with E-state index < -0.39 is 0 Å². The quantitative estimate of drug-likeness (QED) is 0.835. The molecular formula is C20H32N6. The summed E-state index contributed by atoms with van der Waals surface area (Å²) in [5.74, 6) is 1.42. The molecular weight excluding hydrogens is 324 g/mol. The number of rotatable bonds is 6. The fourth-order valence-corrected chi connectivity index (χ4v) is 4.59. The maximum absolute atomic E-state index is 4.51. The Kier molecular flexibility index (Phi) is 5.14. The van der Waals surface area contributed by atoms with E-state index in [1.165, 1.54) is 48.7 Å². The third-order valence-corrected chi connectivity index (χ3v) is 5.89. The molecule has 3 aliphatic heterocycles. The first-order valence-corrected chi connectivity index (χ1v) is 10.0. The summed E-state index contributed by atoms with van der Waals surface area (Å²) in [6, 6.07) is 2.91. The minimum atomic E-state index is 0.643. The number of aromatic nitrogens is 4. The van der Waals surface area contributed by atoms with Gasteiger partial charge in [0.2, 0.25) is 0 Å². The molecule has 6 heteroatoms. The first-order chi connectivity index (χ1) is 12.6. The maximum atomic E-state index is 4.51. The molecule has 0 saturated carbocycles. The highest BCUT2D eigenvalue weighted by Crippen LogP contribution is 2.30. The lowest BCUT2D eigenvalue weighted by Gasteiger charge is -2.35. The number of aromatic amines is 2. The Labute approximate surface area is 156 Å². The van der Waals surface area contributed by atoms with Crippen LogP contribution in [0.25, 0.3) is 0 Å². The SMILES string of the molecule is Cc1[nH]cnc1CN1C[C@H]2CC[C@@H](C1)N(Cc1cc(CC(C)C)n[nH]1)C2. The van der Waals surface area contributed by atoms with Gasteiger partial charge in [-0.1, -0.05) is 13.8 Å². The summed E-state index contributed by atoms with van der Waals surface area (Å²) in [6.45, 7) is 12.1. The van der Waals surface area contributed by atoms with E-state index in [0.717, 1.165) is 32.0 Å². The van der Waals surface area contributed by atoms with E-state index in [2.05, 4.69) is 56.8 Å². The van der Waals surface area contributed by atoms with Crippen LogP contribution < -0.4 is 0 Å². The molecule has 2 bridgehead atoms. The average molecular weight is 357 g/mol. The van der Waals surface area contributed by atoms with Crippen LogP contribution in [0.3, 0.4) is 0 Å². The summed E-state index contributed by atoms with van der Waals surface area (Å²) < 4.78 is 0. The molecule has 0 aliphatic carbocycles. The molecule has 2 aromatic heterocycles.